The van der Waals surface area contributed by atoms with Gasteiger partial charge in [-0.1, -0.05) is 24.6 Å². The van der Waals surface area contributed by atoms with Crippen LogP contribution in [0, 0.1) is 5.92 Å². The predicted octanol–water partition coefficient (Wildman–Crippen LogP) is 2.54. The number of likely N-dealkylation sites (tertiary alicyclic amines) is 1. The number of hydrogen-bond donors (Lipinski definition) is 1. The lowest BCUT2D eigenvalue weighted by atomic mass is 10.1. The van der Waals surface area contributed by atoms with E-state index in [1.807, 2.05) is 31.2 Å². The summed E-state index contributed by atoms with van der Waals surface area (Å²) in [5, 5.41) is 14.3. The van der Waals surface area contributed by atoms with Gasteiger partial charge >= 0.3 is 0 Å². The molecule has 0 spiro atoms. The van der Waals surface area contributed by atoms with Gasteiger partial charge in [0.2, 0.25) is 0 Å². The van der Waals surface area contributed by atoms with Crippen LogP contribution in [0.1, 0.15) is 29.4 Å². The van der Waals surface area contributed by atoms with Crippen LogP contribution in [0.2, 0.25) is 5.02 Å². The van der Waals surface area contributed by atoms with Crippen LogP contribution in [0.3, 0.4) is 0 Å². The summed E-state index contributed by atoms with van der Waals surface area (Å²) in [4.78, 5) is 14.6. The Kier molecular flexibility index (Phi) is 4.68. The van der Waals surface area contributed by atoms with Gasteiger partial charge in [0.25, 0.3) is 5.91 Å². The van der Waals surface area contributed by atoms with Gasteiger partial charge in [0.05, 0.1) is 23.1 Å². The van der Waals surface area contributed by atoms with Crippen molar-refractivity contribution < 1.29 is 9.90 Å². The van der Waals surface area contributed by atoms with E-state index >= 15 is 0 Å². The third-order valence-electron chi connectivity index (χ3n) is 4.32. The number of aliphatic hydroxyl groups is 1. The molecular weight excluding hydrogens is 314 g/mol. The molecule has 122 valence electrons. The fourth-order valence-electron chi connectivity index (χ4n) is 3.06. The molecule has 1 aliphatic heterocycles. The summed E-state index contributed by atoms with van der Waals surface area (Å²) >= 11 is 6.06. The number of rotatable bonds is 4. The van der Waals surface area contributed by atoms with Crippen molar-refractivity contribution in [1.29, 1.82) is 0 Å². The molecule has 1 saturated heterocycles. The number of halogens is 1. The Hall–Kier alpha value is -1.85. The quantitative estimate of drug-likeness (QED) is 0.935. The highest BCUT2D eigenvalue weighted by Gasteiger charge is 2.29. The van der Waals surface area contributed by atoms with Crippen molar-refractivity contribution in [2.45, 2.75) is 19.8 Å². The van der Waals surface area contributed by atoms with E-state index in [2.05, 4.69) is 5.10 Å². The highest BCUT2D eigenvalue weighted by atomic mass is 35.5. The molecule has 2 heterocycles. The summed E-state index contributed by atoms with van der Waals surface area (Å²) in [5.41, 5.74) is 2.36. The van der Waals surface area contributed by atoms with Crippen LogP contribution in [0.25, 0.3) is 5.69 Å². The number of hydrogen-bond acceptors (Lipinski definition) is 3. The highest BCUT2D eigenvalue weighted by molar-refractivity contribution is 6.30. The number of aromatic nitrogens is 2. The van der Waals surface area contributed by atoms with Gasteiger partial charge in [0, 0.05) is 30.6 Å². The SMILES string of the molecule is CCc1c(C(=O)N2CCC(CO)C2)cnn1-c1cccc(Cl)c1. The molecule has 1 fully saturated rings. The van der Waals surface area contributed by atoms with E-state index in [4.69, 9.17) is 11.6 Å². The second-order valence-corrected chi connectivity index (χ2v) is 6.28. The molecule has 1 unspecified atom stereocenters. The molecule has 3 rings (SSSR count). The number of amides is 1. The van der Waals surface area contributed by atoms with E-state index in [-0.39, 0.29) is 18.4 Å². The van der Waals surface area contributed by atoms with Crippen molar-refractivity contribution in [3.05, 3.63) is 46.7 Å². The molecule has 1 N–H and O–H groups in total. The molecule has 0 saturated carbocycles. The van der Waals surface area contributed by atoms with Crippen molar-refractivity contribution in [3.63, 3.8) is 0 Å². The van der Waals surface area contributed by atoms with Crippen LogP contribution in [0.5, 0.6) is 0 Å². The molecule has 2 aromatic rings. The van der Waals surface area contributed by atoms with Gasteiger partial charge in [-0.15, -0.1) is 0 Å². The van der Waals surface area contributed by atoms with Gasteiger partial charge in [0.15, 0.2) is 0 Å². The maximum absolute atomic E-state index is 12.8. The molecule has 1 aliphatic rings. The molecule has 0 radical (unpaired) electrons. The van der Waals surface area contributed by atoms with Crippen molar-refractivity contribution in [3.8, 4) is 5.69 Å². The average molecular weight is 334 g/mol. The first-order valence-electron chi connectivity index (χ1n) is 7.87. The average Bonchev–Trinajstić information content (AvgIpc) is 3.20. The zero-order valence-corrected chi connectivity index (χ0v) is 13.8. The summed E-state index contributed by atoms with van der Waals surface area (Å²) in [6.07, 6.45) is 3.19. The second-order valence-electron chi connectivity index (χ2n) is 5.84. The van der Waals surface area contributed by atoms with Crippen LogP contribution in [0.4, 0.5) is 0 Å². The lowest BCUT2D eigenvalue weighted by molar-refractivity contribution is 0.0781. The van der Waals surface area contributed by atoms with Gasteiger partial charge in [0.1, 0.15) is 0 Å². The number of aliphatic hydroxyl groups excluding tert-OH is 1. The van der Waals surface area contributed by atoms with Crippen LogP contribution >= 0.6 is 11.6 Å². The maximum atomic E-state index is 12.8. The smallest absolute Gasteiger partial charge is 0.257 e. The van der Waals surface area contributed by atoms with Crippen molar-refractivity contribution in [2.75, 3.05) is 19.7 Å². The molecule has 1 atom stereocenters. The minimum Gasteiger partial charge on any atom is -0.396 e. The number of nitrogens with zero attached hydrogens (tertiary/aromatic N) is 3. The topological polar surface area (TPSA) is 58.4 Å². The summed E-state index contributed by atoms with van der Waals surface area (Å²) in [7, 11) is 0. The fourth-order valence-corrected chi connectivity index (χ4v) is 3.24. The second kappa shape index (κ2) is 6.72. The van der Waals surface area contributed by atoms with Crippen molar-refractivity contribution in [2.24, 2.45) is 5.92 Å². The van der Waals surface area contributed by atoms with E-state index in [0.29, 0.717) is 30.1 Å². The van der Waals surface area contributed by atoms with Crippen LogP contribution in [0.15, 0.2) is 30.5 Å². The molecular formula is C17H20ClN3O2. The molecule has 1 aromatic heterocycles. The normalized spacial score (nSPS) is 17.7. The summed E-state index contributed by atoms with van der Waals surface area (Å²) in [6, 6.07) is 7.43. The molecule has 0 bridgehead atoms. The first-order valence-corrected chi connectivity index (χ1v) is 8.24. The number of carbonyl (C=O) groups is 1. The van der Waals surface area contributed by atoms with Gasteiger partial charge in [-0.25, -0.2) is 4.68 Å². The van der Waals surface area contributed by atoms with Gasteiger partial charge in [-0.2, -0.15) is 5.10 Å². The van der Waals surface area contributed by atoms with E-state index in [1.54, 1.807) is 15.8 Å². The van der Waals surface area contributed by atoms with Crippen molar-refractivity contribution >= 4 is 17.5 Å². The summed E-state index contributed by atoms with van der Waals surface area (Å²) < 4.78 is 1.78. The van der Waals surface area contributed by atoms with E-state index in [0.717, 1.165) is 17.8 Å². The Morgan fingerprint density at radius 2 is 2.30 bits per heavy atom. The minimum absolute atomic E-state index is 0.00826. The molecule has 1 aromatic carbocycles. The zero-order chi connectivity index (χ0) is 16.4. The van der Waals surface area contributed by atoms with Gasteiger partial charge in [-0.3, -0.25) is 4.79 Å². The highest BCUT2D eigenvalue weighted by Crippen LogP contribution is 2.23. The Bertz CT molecular complexity index is 714. The first kappa shape index (κ1) is 16.0. The minimum atomic E-state index is -0.00826. The monoisotopic (exact) mass is 333 g/mol. The Balaban J connectivity index is 1.91. The lowest BCUT2D eigenvalue weighted by Crippen LogP contribution is -2.29. The largest absolute Gasteiger partial charge is 0.396 e. The molecule has 1 amide bonds. The fraction of sp³-hybridized carbons (Fsp3) is 0.412. The third kappa shape index (κ3) is 3.12. The standard InChI is InChI=1S/C17H20ClN3O2/c1-2-16-15(17(23)20-7-6-12(10-20)11-22)9-19-21(16)14-5-3-4-13(18)8-14/h3-5,8-9,12,22H,2,6-7,10-11H2,1H3. The lowest BCUT2D eigenvalue weighted by Gasteiger charge is -2.16. The molecule has 0 aliphatic carbocycles. The van der Waals surface area contributed by atoms with Crippen LogP contribution in [-0.4, -0.2) is 45.4 Å². The van der Waals surface area contributed by atoms with E-state index in [9.17, 15) is 9.90 Å². The van der Waals surface area contributed by atoms with Crippen LogP contribution < -0.4 is 0 Å². The number of benzene rings is 1. The molecule has 6 heteroatoms. The van der Waals surface area contributed by atoms with Gasteiger partial charge < -0.3 is 10.0 Å². The first-order chi connectivity index (χ1) is 11.1. The maximum Gasteiger partial charge on any atom is 0.257 e. The van der Waals surface area contributed by atoms with Gasteiger partial charge in [-0.05, 0) is 31.0 Å². The van der Waals surface area contributed by atoms with Crippen molar-refractivity contribution in [1.82, 2.24) is 14.7 Å². The third-order valence-corrected chi connectivity index (χ3v) is 4.55. The Morgan fingerprint density at radius 3 is 2.96 bits per heavy atom. The zero-order valence-electron chi connectivity index (χ0n) is 13.1. The molecule has 5 nitrogen and oxygen atoms in total. The summed E-state index contributed by atoms with van der Waals surface area (Å²) in [6.45, 7) is 3.44. The Labute approximate surface area is 140 Å². The summed E-state index contributed by atoms with van der Waals surface area (Å²) in [5.74, 6) is 0.179. The van der Waals surface area contributed by atoms with E-state index < -0.39 is 0 Å². The number of carbonyl (C=O) groups excluding carboxylic acids is 1. The van der Waals surface area contributed by atoms with E-state index in [1.165, 1.54) is 0 Å². The Morgan fingerprint density at radius 1 is 1.48 bits per heavy atom. The van der Waals surface area contributed by atoms with Crippen LogP contribution in [-0.2, 0) is 6.42 Å². The predicted molar refractivity (Wildman–Crippen MR) is 89.0 cm³/mol. The molecule has 23 heavy (non-hydrogen) atoms.